The highest BCUT2D eigenvalue weighted by atomic mass is 79.9. The van der Waals surface area contributed by atoms with Gasteiger partial charge in [-0.05, 0) is 35.0 Å². The largest absolute Gasteiger partial charge is 0.373 e. The lowest BCUT2D eigenvalue weighted by molar-refractivity contribution is -0.118. The fourth-order valence-electron chi connectivity index (χ4n) is 1.06. The Bertz CT molecular complexity index is 425. The Hall–Kier alpha value is -1.54. The van der Waals surface area contributed by atoms with Crippen molar-refractivity contribution in [2.24, 2.45) is 5.73 Å². The first-order chi connectivity index (χ1) is 7.06. The number of carbonyl (C=O) groups excluding carboxylic acids is 1. The summed E-state index contributed by atoms with van der Waals surface area (Å²) < 4.78 is 0.687. The number of nitrogens with one attached hydrogen (secondary N) is 1. The van der Waals surface area contributed by atoms with Gasteiger partial charge in [0.05, 0.1) is 11.3 Å². The first kappa shape index (κ1) is 11.5. The molecule has 4 nitrogen and oxygen atoms in total. The van der Waals surface area contributed by atoms with Crippen molar-refractivity contribution in [1.29, 1.82) is 5.26 Å². The molecule has 78 valence electrons. The Balaban J connectivity index is 3.01. The number of hydrogen-bond acceptors (Lipinski definition) is 3. The van der Waals surface area contributed by atoms with Crippen molar-refractivity contribution in [3.63, 3.8) is 0 Å². The van der Waals surface area contributed by atoms with Gasteiger partial charge in [0.15, 0.2) is 0 Å². The summed E-state index contributed by atoms with van der Waals surface area (Å²) in [5.41, 5.74) is 6.18. The van der Waals surface area contributed by atoms with E-state index in [1.807, 2.05) is 6.07 Å². The maximum Gasteiger partial charge on any atom is 0.239 e. The number of amides is 1. The number of halogens is 1. The molecule has 0 saturated carbocycles. The summed E-state index contributed by atoms with van der Waals surface area (Å²) in [7, 11) is 0. The molecule has 0 heterocycles. The highest BCUT2D eigenvalue weighted by Crippen LogP contribution is 2.24. The Morgan fingerprint density at radius 2 is 2.33 bits per heavy atom. The summed E-state index contributed by atoms with van der Waals surface area (Å²) in [5, 5.41) is 11.8. The van der Waals surface area contributed by atoms with Crippen LogP contribution in [-0.2, 0) is 4.79 Å². The number of benzene rings is 1. The van der Waals surface area contributed by atoms with Crippen molar-refractivity contribution in [1.82, 2.24) is 0 Å². The van der Waals surface area contributed by atoms with Crippen LogP contribution in [0.25, 0.3) is 0 Å². The second-order valence-electron chi connectivity index (χ2n) is 3.04. The number of nitrogens with zero attached hydrogens (tertiary/aromatic N) is 1. The second kappa shape index (κ2) is 4.80. The monoisotopic (exact) mass is 267 g/mol. The third kappa shape index (κ3) is 2.70. The molecule has 0 saturated heterocycles. The molecule has 0 aromatic heterocycles. The number of primary amides is 1. The van der Waals surface area contributed by atoms with Crippen molar-refractivity contribution in [3.05, 3.63) is 28.2 Å². The Morgan fingerprint density at radius 3 is 2.87 bits per heavy atom. The van der Waals surface area contributed by atoms with Crippen LogP contribution in [0.2, 0.25) is 0 Å². The van der Waals surface area contributed by atoms with E-state index in [1.165, 1.54) is 0 Å². The van der Waals surface area contributed by atoms with E-state index in [9.17, 15) is 4.79 Å². The van der Waals surface area contributed by atoms with Crippen LogP contribution in [0.3, 0.4) is 0 Å². The molecule has 3 N–H and O–H groups in total. The number of anilines is 1. The standard InChI is InChI=1S/C10H10BrN3O/c1-6(10(13)15)14-9-4-2-3-8(11)7(9)5-12/h2-4,6,14H,1H3,(H2,13,15). The molecule has 1 unspecified atom stereocenters. The summed E-state index contributed by atoms with van der Waals surface area (Å²) in [6.45, 7) is 1.64. The molecule has 1 amide bonds. The third-order valence-electron chi connectivity index (χ3n) is 1.92. The van der Waals surface area contributed by atoms with Gasteiger partial charge >= 0.3 is 0 Å². The molecule has 0 spiro atoms. The van der Waals surface area contributed by atoms with E-state index >= 15 is 0 Å². The SMILES string of the molecule is CC(Nc1cccc(Br)c1C#N)C(N)=O. The van der Waals surface area contributed by atoms with Gasteiger partial charge in [-0.15, -0.1) is 0 Å². The highest BCUT2D eigenvalue weighted by molar-refractivity contribution is 9.10. The van der Waals surface area contributed by atoms with Gasteiger partial charge in [0, 0.05) is 4.47 Å². The zero-order valence-electron chi connectivity index (χ0n) is 8.12. The van der Waals surface area contributed by atoms with Crippen LogP contribution in [0.4, 0.5) is 5.69 Å². The second-order valence-corrected chi connectivity index (χ2v) is 3.90. The van der Waals surface area contributed by atoms with E-state index in [0.717, 1.165) is 0 Å². The van der Waals surface area contributed by atoms with Crippen LogP contribution in [0.1, 0.15) is 12.5 Å². The van der Waals surface area contributed by atoms with Crippen LogP contribution >= 0.6 is 15.9 Å². The smallest absolute Gasteiger partial charge is 0.239 e. The lowest BCUT2D eigenvalue weighted by Crippen LogP contribution is -2.32. The number of carbonyl (C=O) groups is 1. The maximum absolute atomic E-state index is 10.9. The molecule has 0 fully saturated rings. The van der Waals surface area contributed by atoms with Gasteiger partial charge < -0.3 is 11.1 Å². The molecule has 1 atom stereocenters. The van der Waals surface area contributed by atoms with Crippen molar-refractivity contribution in [3.8, 4) is 6.07 Å². The van der Waals surface area contributed by atoms with Crippen molar-refractivity contribution in [2.75, 3.05) is 5.32 Å². The molecule has 0 radical (unpaired) electrons. The molecule has 1 rings (SSSR count). The van der Waals surface area contributed by atoms with Gasteiger partial charge in [0.2, 0.25) is 5.91 Å². The Morgan fingerprint density at radius 1 is 1.67 bits per heavy atom. The van der Waals surface area contributed by atoms with E-state index in [1.54, 1.807) is 25.1 Å². The van der Waals surface area contributed by atoms with Gasteiger partial charge in [0.25, 0.3) is 0 Å². The lowest BCUT2D eigenvalue weighted by atomic mass is 10.2. The summed E-state index contributed by atoms with van der Waals surface area (Å²) in [4.78, 5) is 10.9. The Kier molecular flexibility index (Phi) is 3.69. The molecule has 15 heavy (non-hydrogen) atoms. The van der Waals surface area contributed by atoms with Crippen LogP contribution in [0, 0.1) is 11.3 Å². The molecule has 0 aliphatic rings. The highest BCUT2D eigenvalue weighted by Gasteiger charge is 2.11. The van der Waals surface area contributed by atoms with Gasteiger partial charge in [0.1, 0.15) is 12.1 Å². The van der Waals surface area contributed by atoms with Gasteiger partial charge in [-0.1, -0.05) is 6.07 Å². The molecular formula is C10H10BrN3O. The van der Waals surface area contributed by atoms with Gasteiger partial charge in [-0.25, -0.2) is 0 Å². The topological polar surface area (TPSA) is 78.9 Å². The van der Waals surface area contributed by atoms with Crippen LogP contribution < -0.4 is 11.1 Å². The van der Waals surface area contributed by atoms with Crippen molar-refractivity contribution < 1.29 is 4.79 Å². The number of hydrogen-bond donors (Lipinski definition) is 2. The van der Waals surface area contributed by atoms with Gasteiger partial charge in [-0.3, -0.25) is 4.79 Å². The number of nitrogens with two attached hydrogens (primary N) is 1. The summed E-state index contributed by atoms with van der Waals surface area (Å²) in [6, 6.07) is 6.80. The number of nitriles is 1. The number of rotatable bonds is 3. The molecule has 1 aromatic rings. The molecule has 0 aliphatic heterocycles. The maximum atomic E-state index is 10.9. The average Bonchev–Trinajstić information content (AvgIpc) is 2.18. The zero-order valence-corrected chi connectivity index (χ0v) is 9.71. The van der Waals surface area contributed by atoms with E-state index in [4.69, 9.17) is 11.0 Å². The Labute approximate surface area is 96.2 Å². The fraction of sp³-hybridized carbons (Fsp3) is 0.200. The van der Waals surface area contributed by atoms with E-state index in [0.29, 0.717) is 15.7 Å². The predicted octanol–water partition coefficient (Wildman–Crippen LogP) is 1.61. The summed E-state index contributed by atoms with van der Waals surface area (Å²) >= 11 is 3.26. The minimum Gasteiger partial charge on any atom is -0.373 e. The third-order valence-corrected chi connectivity index (χ3v) is 2.59. The minimum atomic E-state index is -0.508. The van der Waals surface area contributed by atoms with E-state index < -0.39 is 11.9 Å². The van der Waals surface area contributed by atoms with Crippen molar-refractivity contribution in [2.45, 2.75) is 13.0 Å². The zero-order chi connectivity index (χ0) is 11.4. The first-order valence-electron chi connectivity index (χ1n) is 4.30. The minimum absolute atomic E-state index is 0.459. The van der Waals surface area contributed by atoms with Crippen LogP contribution in [-0.4, -0.2) is 11.9 Å². The average molecular weight is 268 g/mol. The predicted molar refractivity (Wildman–Crippen MR) is 61.1 cm³/mol. The molecule has 0 aliphatic carbocycles. The summed E-state index contributed by atoms with van der Waals surface area (Å²) in [6.07, 6.45) is 0. The molecule has 1 aromatic carbocycles. The summed E-state index contributed by atoms with van der Waals surface area (Å²) in [5.74, 6) is -0.459. The first-order valence-corrected chi connectivity index (χ1v) is 5.10. The quantitative estimate of drug-likeness (QED) is 0.873. The molecular weight excluding hydrogens is 258 g/mol. The van der Waals surface area contributed by atoms with E-state index in [2.05, 4.69) is 21.2 Å². The lowest BCUT2D eigenvalue weighted by Gasteiger charge is -2.13. The molecule has 0 bridgehead atoms. The normalized spacial score (nSPS) is 11.5. The van der Waals surface area contributed by atoms with Crippen molar-refractivity contribution >= 4 is 27.5 Å². The molecule has 5 heteroatoms. The van der Waals surface area contributed by atoms with Crippen LogP contribution in [0.5, 0.6) is 0 Å². The fourth-order valence-corrected chi connectivity index (χ4v) is 1.52. The van der Waals surface area contributed by atoms with Gasteiger partial charge in [-0.2, -0.15) is 5.26 Å². The van der Waals surface area contributed by atoms with E-state index in [-0.39, 0.29) is 0 Å². The van der Waals surface area contributed by atoms with Crippen LogP contribution in [0.15, 0.2) is 22.7 Å².